The molecule has 4 rings (SSSR count). The molecule has 0 fully saturated rings. The highest BCUT2D eigenvalue weighted by Crippen LogP contribution is 2.27. The van der Waals surface area contributed by atoms with E-state index in [9.17, 15) is 4.79 Å². The van der Waals surface area contributed by atoms with Gasteiger partial charge < -0.3 is 15.0 Å². The van der Waals surface area contributed by atoms with Crippen LogP contribution in [0.25, 0.3) is 16.5 Å². The Bertz CT molecular complexity index is 1250. The van der Waals surface area contributed by atoms with Crippen molar-refractivity contribution in [3.05, 3.63) is 121 Å². The van der Waals surface area contributed by atoms with Gasteiger partial charge in [-0.2, -0.15) is 0 Å². The average molecular weight is 526 g/mol. The monoisotopic (exact) mass is 525 g/mol. The van der Waals surface area contributed by atoms with Crippen molar-refractivity contribution in [1.82, 2.24) is 15.2 Å². The summed E-state index contributed by atoms with van der Waals surface area (Å²) in [5.41, 5.74) is 4.44. The van der Waals surface area contributed by atoms with Crippen LogP contribution in [0.5, 0.6) is 0 Å². The molecule has 1 atom stereocenters. The predicted octanol–water partition coefficient (Wildman–Crippen LogP) is 8.41. The maximum atomic E-state index is 11.8. The number of pyridine rings is 1. The summed E-state index contributed by atoms with van der Waals surface area (Å²) in [6.07, 6.45) is 4.35. The van der Waals surface area contributed by atoms with Gasteiger partial charge in [0, 0.05) is 56.5 Å². The number of ketones is 1. The van der Waals surface area contributed by atoms with Crippen molar-refractivity contribution in [3.8, 4) is 0 Å². The molecule has 0 bridgehead atoms. The molecule has 0 aliphatic carbocycles. The summed E-state index contributed by atoms with van der Waals surface area (Å²) >= 11 is 0. The van der Waals surface area contributed by atoms with Crippen LogP contribution >= 0.6 is 0 Å². The zero-order chi connectivity index (χ0) is 27.3. The van der Waals surface area contributed by atoms with Crippen LogP contribution in [-0.2, 0) is 4.79 Å². The molecule has 0 amide bonds. The Labute approximate surface area is 237 Å². The van der Waals surface area contributed by atoms with Gasteiger partial charge in [-0.25, -0.2) is 0 Å². The molecule has 39 heavy (non-hydrogen) atoms. The molecule has 0 aliphatic rings. The van der Waals surface area contributed by atoms with E-state index in [1.54, 1.807) is 6.92 Å². The van der Waals surface area contributed by atoms with Gasteiger partial charge in [0.05, 0.1) is 6.04 Å². The number of hydrogen-bond donors (Lipinski definition) is 1. The van der Waals surface area contributed by atoms with Gasteiger partial charge in [-0.05, 0) is 29.4 Å². The number of aromatic nitrogens is 1. The number of carbonyl (C=O) groups excluding carboxylic acids is 1. The third-order valence-corrected chi connectivity index (χ3v) is 6.52. The van der Waals surface area contributed by atoms with Gasteiger partial charge in [-0.1, -0.05) is 120 Å². The quantitative estimate of drug-likeness (QED) is 0.202. The van der Waals surface area contributed by atoms with E-state index in [-0.39, 0.29) is 26.6 Å². The lowest BCUT2D eigenvalue weighted by Gasteiger charge is -2.31. The lowest BCUT2D eigenvalue weighted by molar-refractivity contribution is -0.117. The number of Topliss-reactive ketones (excluding diaryl/α,β-unsaturated/α-hetero) is 1. The van der Waals surface area contributed by atoms with Crippen molar-refractivity contribution in [2.24, 2.45) is 5.92 Å². The van der Waals surface area contributed by atoms with Gasteiger partial charge in [0.25, 0.3) is 0 Å². The fourth-order valence-corrected chi connectivity index (χ4v) is 4.85. The van der Waals surface area contributed by atoms with Gasteiger partial charge in [-0.3, -0.25) is 4.98 Å². The van der Waals surface area contributed by atoms with Crippen molar-refractivity contribution in [2.75, 3.05) is 19.6 Å². The molecule has 1 N–H and O–H groups in total. The molecule has 1 aromatic heterocycles. The maximum absolute atomic E-state index is 11.8. The molecule has 1 heterocycles. The van der Waals surface area contributed by atoms with Gasteiger partial charge in [-0.15, -0.1) is 0 Å². The minimum Gasteiger partial charge on any atom is -0.370 e. The SMILES string of the molecule is C.C=C(c1cncc2ccccc12)N(CCNC(c1ccccc1)c1ccccc1)C[C@H](C)CC(C)=O.CC.[HH]. The van der Waals surface area contributed by atoms with Gasteiger partial charge in [0.15, 0.2) is 0 Å². The average Bonchev–Trinajstić information content (AvgIpc) is 2.95. The molecule has 0 spiro atoms. The van der Waals surface area contributed by atoms with Crippen molar-refractivity contribution in [3.63, 3.8) is 0 Å². The fourth-order valence-electron chi connectivity index (χ4n) is 4.85. The lowest BCUT2D eigenvalue weighted by Crippen LogP contribution is -2.36. The third-order valence-electron chi connectivity index (χ3n) is 6.52. The fraction of sp³-hybridized carbons (Fsp3) is 0.314. The predicted molar refractivity (Wildman–Crippen MR) is 170 cm³/mol. The largest absolute Gasteiger partial charge is 0.370 e. The summed E-state index contributed by atoms with van der Waals surface area (Å²) in [7, 11) is 0. The summed E-state index contributed by atoms with van der Waals surface area (Å²) < 4.78 is 0. The number of carbonyl (C=O) groups is 1. The van der Waals surface area contributed by atoms with E-state index in [1.807, 2.05) is 50.5 Å². The lowest BCUT2D eigenvalue weighted by atomic mass is 9.98. The normalized spacial score (nSPS) is 11.2. The van der Waals surface area contributed by atoms with E-state index in [2.05, 4.69) is 89.4 Å². The first-order valence-electron chi connectivity index (χ1n) is 13.6. The third kappa shape index (κ3) is 8.90. The number of rotatable bonds is 12. The molecule has 0 radical (unpaired) electrons. The Hall–Kier alpha value is -3.76. The van der Waals surface area contributed by atoms with Crippen LogP contribution < -0.4 is 5.32 Å². The zero-order valence-corrected chi connectivity index (χ0v) is 23.2. The first-order valence-corrected chi connectivity index (χ1v) is 13.6. The van der Waals surface area contributed by atoms with E-state index >= 15 is 0 Å². The second-order valence-electron chi connectivity index (χ2n) is 9.52. The van der Waals surface area contributed by atoms with Crippen LogP contribution in [0.2, 0.25) is 0 Å². The van der Waals surface area contributed by atoms with E-state index in [0.717, 1.165) is 41.7 Å². The Morgan fingerprint density at radius 3 is 2.08 bits per heavy atom. The van der Waals surface area contributed by atoms with Gasteiger partial charge in [0.2, 0.25) is 0 Å². The second kappa shape index (κ2) is 16.3. The molecule has 3 aromatic carbocycles. The molecular weight excluding hydrogens is 478 g/mol. The first kappa shape index (κ1) is 31.5. The zero-order valence-electron chi connectivity index (χ0n) is 23.2. The van der Waals surface area contributed by atoms with Crippen LogP contribution in [0.15, 0.2) is 104 Å². The van der Waals surface area contributed by atoms with E-state index in [4.69, 9.17) is 0 Å². The van der Waals surface area contributed by atoms with Crippen molar-refractivity contribution in [2.45, 2.75) is 47.6 Å². The highest BCUT2D eigenvalue weighted by atomic mass is 16.1. The maximum Gasteiger partial charge on any atom is 0.130 e. The Kier molecular flexibility index (Phi) is 13.1. The highest BCUT2D eigenvalue weighted by Gasteiger charge is 2.18. The van der Waals surface area contributed by atoms with E-state index in [0.29, 0.717) is 6.42 Å². The molecule has 4 aromatic rings. The molecule has 0 saturated carbocycles. The molecule has 0 saturated heterocycles. The summed E-state index contributed by atoms with van der Waals surface area (Å²) in [5.74, 6) is 0.437. The summed E-state index contributed by atoms with van der Waals surface area (Å²) in [6, 6.07) is 29.4. The van der Waals surface area contributed by atoms with Crippen LogP contribution in [0.1, 0.15) is 65.7 Å². The van der Waals surface area contributed by atoms with E-state index in [1.165, 1.54) is 11.1 Å². The van der Waals surface area contributed by atoms with Gasteiger partial charge >= 0.3 is 0 Å². The number of benzene rings is 3. The summed E-state index contributed by atoms with van der Waals surface area (Å²) in [5, 5.41) is 6.01. The summed E-state index contributed by atoms with van der Waals surface area (Å²) in [4.78, 5) is 18.6. The minimum atomic E-state index is 0. The van der Waals surface area contributed by atoms with Crippen LogP contribution in [0.4, 0.5) is 0 Å². The van der Waals surface area contributed by atoms with Gasteiger partial charge in [0.1, 0.15) is 5.78 Å². The molecular formula is C35H47N3O. The number of nitrogens with zero attached hydrogens (tertiary/aromatic N) is 2. The molecule has 4 nitrogen and oxygen atoms in total. The highest BCUT2D eigenvalue weighted by molar-refractivity contribution is 5.92. The Morgan fingerprint density at radius 1 is 0.923 bits per heavy atom. The molecule has 4 heteroatoms. The van der Waals surface area contributed by atoms with Crippen LogP contribution in [0.3, 0.4) is 0 Å². The topological polar surface area (TPSA) is 45.2 Å². The summed E-state index contributed by atoms with van der Waals surface area (Å²) in [6.45, 7) is 14.6. The standard InChI is InChI=1S/C32H35N3O.C2H6.CH4.H2/c1-24(20-25(2)36)23-35(26(3)31-22-33-21-29-16-10-11-17-30(29)31)19-18-34-32(27-12-6-4-7-13-27)28-14-8-5-9-15-28;1-2;;/h4-17,21-22,24,32,34H,3,18-20,23H2,1-2H3;1-2H3;1H4;1H/t24-;;;/m1.../s1. The molecule has 0 unspecified atom stereocenters. The number of hydrogen-bond acceptors (Lipinski definition) is 4. The number of fused-ring (bicyclic) bond motifs is 1. The Balaban J connectivity index is 0.00000196. The van der Waals surface area contributed by atoms with E-state index < -0.39 is 0 Å². The first-order chi connectivity index (χ1) is 18.5. The second-order valence-corrected chi connectivity index (χ2v) is 9.52. The molecule has 208 valence electrons. The molecule has 0 aliphatic heterocycles. The Morgan fingerprint density at radius 2 is 1.49 bits per heavy atom. The van der Waals surface area contributed by atoms with Crippen molar-refractivity contribution >= 4 is 22.3 Å². The van der Waals surface area contributed by atoms with Crippen LogP contribution in [0, 0.1) is 5.92 Å². The van der Waals surface area contributed by atoms with Crippen molar-refractivity contribution in [1.29, 1.82) is 0 Å². The smallest absolute Gasteiger partial charge is 0.130 e. The minimum absolute atomic E-state index is 0. The number of nitrogens with one attached hydrogen (secondary N) is 1. The van der Waals surface area contributed by atoms with Crippen molar-refractivity contribution < 1.29 is 6.22 Å². The van der Waals surface area contributed by atoms with Crippen LogP contribution in [-0.4, -0.2) is 35.3 Å².